The number of carboxylic acid groups (broad SMARTS) is 1. The highest BCUT2D eigenvalue weighted by atomic mass is 16.5. The summed E-state index contributed by atoms with van der Waals surface area (Å²) in [6.07, 6.45) is -0.298. The molecule has 1 unspecified atom stereocenters. The first kappa shape index (κ1) is 16.2. The van der Waals surface area contributed by atoms with Crippen LogP contribution in [0.1, 0.15) is 27.6 Å². The number of benzene rings is 2. The van der Waals surface area contributed by atoms with E-state index in [1.807, 2.05) is 37.3 Å². The van der Waals surface area contributed by atoms with Gasteiger partial charge in [-0.15, -0.1) is 0 Å². The molecular formula is C18H20O4. The zero-order valence-electron chi connectivity index (χ0n) is 13.0. The minimum absolute atomic E-state index is 0.242. The third-order valence-corrected chi connectivity index (χ3v) is 3.56. The quantitative estimate of drug-likeness (QED) is 0.884. The number of carboxylic acids is 1. The van der Waals surface area contributed by atoms with Crippen molar-refractivity contribution in [2.75, 3.05) is 20.8 Å². The average molecular weight is 300 g/mol. The molecule has 0 amide bonds. The van der Waals surface area contributed by atoms with Gasteiger partial charge in [0.05, 0.1) is 12.2 Å². The Labute approximate surface area is 130 Å². The summed E-state index contributed by atoms with van der Waals surface area (Å²) >= 11 is 0. The molecule has 0 aliphatic carbocycles. The van der Waals surface area contributed by atoms with Crippen LogP contribution >= 0.6 is 0 Å². The fourth-order valence-electron chi connectivity index (χ4n) is 2.33. The van der Waals surface area contributed by atoms with E-state index >= 15 is 0 Å². The van der Waals surface area contributed by atoms with Gasteiger partial charge in [0.1, 0.15) is 6.10 Å². The van der Waals surface area contributed by atoms with Gasteiger partial charge >= 0.3 is 5.97 Å². The molecule has 0 radical (unpaired) electrons. The SMILES string of the molecule is COCC(OC)c1cc(C(=O)O)cc(-c2ccc(C)cc2)c1. The highest BCUT2D eigenvalue weighted by Crippen LogP contribution is 2.27. The first-order chi connectivity index (χ1) is 10.5. The Balaban J connectivity index is 2.51. The summed E-state index contributed by atoms with van der Waals surface area (Å²) in [5.74, 6) is -0.956. The molecule has 0 aliphatic rings. The lowest BCUT2D eigenvalue weighted by Gasteiger charge is -2.17. The molecule has 0 saturated heterocycles. The van der Waals surface area contributed by atoms with E-state index < -0.39 is 5.97 Å². The number of aromatic carboxylic acids is 1. The molecule has 22 heavy (non-hydrogen) atoms. The van der Waals surface area contributed by atoms with E-state index in [0.29, 0.717) is 6.61 Å². The molecule has 116 valence electrons. The predicted octanol–water partition coefficient (Wildman–Crippen LogP) is 3.69. The molecule has 2 rings (SSSR count). The van der Waals surface area contributed by atoms with E-state index in [1.165, 1.54) is 0 Å². The largest absolute Gasteiger partial charge is 0.478 e. The fraction of sp³-hybridized carbons (Fsp3) is 0.278. The lowest BCUT2D eigenvalue weighted by atomic mass is 9.97. The zero-order chi connectivity index (χ0) is 16.1. The van der Waals surface area contributed by atoms with Gasteiger partial charge < -0.3 is 14.6 Å². The van der Waals surface area contributed by atoms with Crippen molar-refractivity contribution in [3.05, 3.63) is 59.2 Å². The summed E-state index contributed by atoms with van der Waals surface area (Å²) in [5, 5.41) is 9.34. The van der Waals surface area contributed by atoms with Gasteiger partial charge in [0.25, 0.3) is 0 Å². The molecule has 2 aromatic rings. The third kappa shape index (κ3) is 3.72. The third-order valence-electron chi connectivity index (χ3n) is 3.56. The summed E-state index contributed by atoms with van der Waals surface area (Å²) in [6, 6.07) is 13.2. The molecule has 4 nitrogen and oxygen atoms in total. The monoisotopic (exact) mass is 300 g/mol. The Morgan fingerprint density at radius 3 is 2.32 bits per heavy atom. The Bertz CT molecular complexity index is 647. The van der Waals surface area contributed by atoms with Gasteiger partial charge in [-0.3, -0.25) is 0 Å². The Hall–Kier alpha value is -2.17. The van der Waals surface area contributed by atoms with Crippen LogP contribution in [0, 0.1) is 6.92 Å². The molecule has 0 fully saturated rings. The number of rotatable bonds is 6. The summed E-state index contributed by atoms with van der Waals surface area (Å²) in [5.41, 5.74) is 4.02. The molecule has 0 aliphatic heterocycles. The highest BCUT2D eigenvalue weighted by Gasteiger charge is 2.15. The number of ether oxygens (including phenoxy) is 2. The summed E-state index contributed by atoms with van der Waals surface area (Å²) < 4.78 is 10.5. The number of hydrogen-bond acceptors (Lipinski definition) is 3. The fourth-order valence-corrected chi connectivity index (χ4v) is 2.33. The first-order valence-corrected chi connectivity index (χ1v) is 7.02. The van der Waals surface area contributed by atoms with Gasteiger partial charge in [-0.1, -0.05) is 29.8 Å². The maximum Gasteiger partial charge on any atom is 0.335 e. The highest BCUT2D eigenvalue weighted by molar-refractivity contribution is 5.90. The van der Waals surface area contributed by atoms with Crippen LogP contribution in [0.4, 0.5) is 0 Å². The lowest BCUT2D eigenvalue weighted by Crippen LogP contribution is -2.10. The van der Waals surface area contributed by atoms with Gasteiger partial charge in [-0.25, -0.2) is 4.79 Å². The molecular weight excluding hydrogens is 280 g/mol. The summed E-state index contributed by atoms with van der Waals surface area (Å²) in [6.45, 7) is 2.38. The van der Waals surface area contributed by atoms with E-state index in [0.717, 1.165) is 22.3 Å². The van der Waals surface area contributed by atoms with Crippen LogP contribution in [-0.4, -0.2) is 31.9 Å². The second-order valence-electron chi connectivity index (χ2n) is 5.19. The molecule has 0 saturated carbocycles. The molecule has 4 heteroatoms. The Morgan fingerprint density at radius 1 is 1.09 bits per heavy atom. The molecule has 0 spiro atoms. The molecule has 1 N–H and O–H groups in total. The second kappa shape index (κ2) is 7.20. The van der Waals surface area contributed by atoms with E-state index in [1.54, 1.807) is 26.4 Å². The van der Waals surface area contributed by atoms with E-state index in [4.69, 9.17) is 9.47 Å². The van der Waals surface area contributed by atoms with Crippen molar-refractivity contribution in [3.63, 3.8) is 0 Å². The smallest absolute Gasteiger partial charge is 0.335 e. The standard InChI is InChI=1S/C18H20O4/c1-12-4-6-13(7-5-12)14-8-15(17(22-3)11-21-2)10-16(9-14)18(19)20/h4-10,17H,11H2,1-3H3,(H,19,20). The van der Waals surface area contributed by atoms with Gasteiger partial charge in [0.15, 0.2) is 0 Å². The normalized spacial score (nSPS) is 12.1. The number of aryl methyl sites for hydroxylation is 1. The van der Waals surface area contributed by atoms with Crippen LogP contribution in [-0.2, 0) is 9.47 Å². The van der Waals surface area contributed by atoms with Gasteiger partial charge in [-0.2, -0.15) is 0 Å². The van der Waals surface area contributed by atoms with Gasteiger partial charge in [0.2, 0.25) is 0 Å². The second-order valence-corrected chi connectivity index (χ2v) is 5.19. The van der Waals surface area contributed by atoms with Crippen molar-refractivity contribution >= 4 is 5.97 Å². The maximum atomic E-state index is 11.4. The van der Waals surface area contributed by atoms with Crippen molar-refractivity contribution in [1.82, 2.24) is 0 Å². The number of methoxy groups -OCH3 is 2. The molecule has 0 heterocycles. The summed E-state index contributed by atoms with van der Waals surface area (Å²) in [4.78, 5) is 11.4. The van der Waals surface area contributed by atoms with Crippen molar-refractivity contribution in [1.29, 1.82) is 0 Å². The Kier molecular flexibility index (Phi) is 5.31. The molecule has 2 aromatic carbocycles. The molecule has 1 atom stereocenters. The average Bonchev–Trinajstić information content (AvgIpc) is 2.52. The van der Waals surface area contributed by atoms with Crippen LogP contribution in [0.3, 0.4) is 0 Å². The van der Waals surface area contributed by atoms with E-state index in [-0.39, 0.29) is 11.7 Å². The zero-order valence-corrected chi connectivity index (χ0v) is 13.0. The van der Waals surface area contributed by atoms with Crippen LogP contribution in [0.5, 0.6) is 0 Å². The van der Waals surface area contributed by atoms with Gasteiger partial charge in [-0.05, 0) is 41.8 Å². The van der Waals surface area contributed by atoms with Crippen molar-refractivity contribution in [3.8, 4) is 11.1 Å². The first-order valence-electron chi connectivity index (χ1n) is 7.02. The van der Waals surface area contributed by atoms with E-state index in [9.17, 15) is 9.90 Å². The van der Waals surface area contributed by atoms with E-state index in [2.05, 4.69) is 0 Å². The summed E-state index contributed by atoms with van der Waals surface area (Å²) in [7, 11) is 3.18. The van der Waals surface area contributed by atoms with Crippen LogP contribution in [0.25, 0.3) is 11.1 Å². The molecule has 0 aromatic heterocycles. The molecule has 0 bridgehead atoms. The van der Waals surface area contributed by atoms with Crippen LogP contribution < -0.4 is 0 Å². The lowest BCUT2D eigenvalue weighted by molar-refractivity contribution is 0.0274. The number of hydrogen-bond donors (Lipinski definition) is 1. The predicted molar refractivity (Wildman–Crippen MR) is 85.2 cm³/mol. The topological polar surface area (TPSA) is 55.8 Å². The van der Waals surface area contributed by atoms with Crippen LogP contribution in [0.15, 0.2) is 42.5 Å². The van der Waals surface area contributed by atoms with Crippen molar-refractivity contribution in [2.45, 2.75) is 13.0 Å². The Morgan fingerprint density at radius 2 is 1.77 bits per heavy atom. The minimum Gasteiger partial charge on any atom is -0.478 e. The van der Waals surface area contributed by atoms with Crippen molar-refractivity contribution < 1.29 is 19.4 Å². The minimum atomic E-state index is -0.956. The number of carbonyl (C=O) groups is 1. The maximum absolute atomic E-state index is 11.4. The van der Waals surface area contributed by atoms with Crippen LogP contribution in [0.2, 0.25) is 0 Å². The van der Waals surface area contributed by atoms with Crippen molar-refractivity contribution in [2.24, 2.45) is 0 Å². The van der Waals surface area contributed by atoms with Gasteiger partial charge in [0, 0.05) is 14.2 Å².